The normalized spacial score (nSPS) is 28.0. The zero-order chi connectivity index (χ0) is 16.1. The molecule has 2 rings (SSSR count). The van der Waals surface area contributed by atoms with Gasteiger partial charge in [0, 0.05) is 20.6 Å². The maximum Gasteiger partial charge on any atom is 0.191 e. The van der Waals surface area contributed by atoms with Crippen LogP contribution in [0.5, 0.6) is 0 Å². The summed E-state index contributed by atoms with van der Waals surface area (Å²) in [5.74, 6) is -3.73. The molecule has 0 radical (unpaired) electrons. The summed E-state index contributed by atoms with van der Waals surface area (Å²) in [5.41, 5.74) is -1.59. The smallest absolute Gasteiger partial charge is 0.191 e. The lowest BCUT2D eigenvalue weighted by Gasteiger charge is -2.38. The molecule has 5 heteroatoms. The maximum absolute atomic E-state index is 9.90. The molecular formula is C16H22O4S. The SMILES string of the molecule is CC1(C)C=C(SC2=CC(C)(C)C(O)(O)C=C2)C=CC1(O)O. The van der Waals surface area contributed by atoms with Crippen LogP contribution in [0.1, 0.15) is 27.7 Å². The average molecular weight is 310 g/mol. The van der Waals surface area contributed by atoms with Gasteiger partial charge in [-0.2, -0.15) is 0 Å². The molecule has 0 unspecified atom stereocenters. The molecule has 0 aromatic heterocycles. The molecule has 0 aromatic carbocycles. The van der Waals surface area contributed by atoms with Crippen molar-refractivity contribution in [3.8, 4) is 0 Å². The lowest BCUT2D eigenvalue weighted by molar-refractivity contribution is -0.179. The minimum atomic E-state index is -1.86. The van der Waals surface area contributed by atoms with Gasteiger partial charge in [-0.3, -0.25) is 0 Å². The second-order valence-corrected chi connectivity index (χ2v) is 7.90. The summed E-state index contributed by atoms with van der Waals surface area (Å²) >= 11 is 1.45. The van der Waals surface area contributed by atoms with Crippen molar-refractivity contribution in [3.63, 3.8) is 0 Å². The van der Waals surface area contributed by atoms with Crippen LogP contribution >= 0.6 is 11.8 Å². The van der Waals surface area contributed by atoms with E-state index < -0.39 is 22.4 Å². The van der Waals surface area contributed by atoms with Crippen LogP contribution in [-0.2, 0) is 0 Å². The summed E-state index contributed by atoms with van der Waals surface area (Å²) < 4.78 is 0. The number of thioether (sulfide) groups is 1. The van der Waals surface area contributed by atoms with Crippen molar-refractivity contribution in [2.24, 2.45) is 10.8 Å². The van der Waals surface area contributed by atoms with Crippen LogP contribution < -0.4 is 0 Å². The monoisotopic (exact) mass is 310 g/mol. The van der Waals surface area contributed by atoms with Gasteiger partial charge in [-0.25, -0.2) is 0 Å². The first-order valence-electron chi connectivity index (χ1n) is 6.78. The van der Waals surface area contributed by atoms with Gasteiger partial charge in [0.1, 0.15) is 0 Å². The standard InChI is InChI=1S/C16H22O4S/c1-13(2)9-11(5-7-15(13,17)18)21-12-6-8-16(19,20)14(3,4)10-12/h5-10,17-20H,1-4H3. The third-order valence-electron chi connectivity index (χ3n) is 4.10. The summed E-state index contributed by atoms with van der Waals surface area (Å²) in [7, 11) is 0. The molecule has 4 N–H and O–H groups in total. The Bertz CT molecular complexity index is 513. The first-order valence-corrected chi connectivity index (χ1v) is 7.60. The second-order valence-electron chi connectivity index (χ2n) is 6.76. The minimum Gasteiger partial charge on any atom is -0.362 e. The minimum absolute atomic E-state index is 0.795. The largest absolute Gasteiger partial charge is 0.362 e. The zero-order valence-electron chi connectivity index (χ0n) is 12.7. The zero-order valence-corrected chi connectivity index (χ0v) is 13.5. The van der Waals surface area contributed by atoms with Gasteiger partial charge in [-0.05, 0) is 24.3 Å². The molecule has 0 saturated carbocycles. The van der Waals surface area contributed by atoms with Crippen LogP contribution in [0.4, 0.5) is 0 Å². The molecule has 0 aliphatic heterocycles. The van der Waals surface area contributed by atoms with Gasteiger partial charge in [0.2, 0.25) is 0 Å². The van der Waals surface area contributed by atoms with Gasteiger partial charge in [0.05, 0.1) is 0 Å². The Hall–Kier alpha value is -0.850. The summed E-state index contributed by atoms with van der Waals surface area (Å²) in [6.07, 6.45) is 9.68. The average Bonchev–Trinajstić information content (AvgIpc) is 2.29. The van der Waals surface area contributed by atoms with E-state index in [1.165, 1.54) is 23.9 Å². The predicted molar refractivity (Wildman–Crippen MR) is 83.9 cm³/mol. The lowest BCUT2D eigenvalue weighted by Crippen LogP contribution is -2.43. The van der Waals surface area contributed by atoms with Crippen LogP contribution in [0.15, 0.2) is 46.3 Å². The Morgan fingerprint density at radius 2 is 1.05 bits per heavy atom. The van der Waals surface area contributed by atoms with E-state index in [0.717, 1.165) is 9.81 Å². The number of hydrogen-bond donors (Lipinski definition) is 4. The number of hydrogen-bond acceptors (Lipinski definition) is 5. The lowest BCUT2D eigenvalue weighted by atomic mass is 9.80. The number of allylic oxidation sites excluding steroid dienone is 2. The van der Waals surface area contributed by atoms with Crippen molar-refractivity contribution in [1.29, 1.82) is 0 Å². The van der Waals surface area contributed by atoms with Crippen LogP contribution in [0.25, 0.3) is 0 Å². The van der Waals surface area contributed by atoms with Gasteiger partial charge in [-0.15, -0.1) is 0 Å². The van der Waals surface area contributed by atoms with E-state index in [-0.39, 0.29) is 0 Å². The molecule has 21 heavy (non-hydrogen) atoms. The summed E-state index contributed by atoms with van der Waals surface area (Å²) in [6, 6.07) is 0. The van der Waals surface area contributed by atoms with Crippen molar-refractivity contribution < 1.29 is 20.4 Å². The van der Waals surface area contributed by atoms with Crippen molar-refractivity contribution in [2.45, 2.75) is 39.3 Å². The van der Waals surface area contributed by atoms with Gasteiger partial charge in [0.15, 0.2) is 11.6 Å². The van der Waals surface area contributed by atoms with E-state index in [0.29, 0.717) is 0 Å². The van der Waals surface area contributed by atoms with Gasteiger partial charge < -0.3 is 20.4 Å². The van der Waals surface area contributed by atoms with Crippen molar-refractivity contribution >= 4 is 11.8 Å². The third-order valence-corrected chi connectivity index (χ3v) is 5.08. The molecule has 2 aliphatic carbocycles. The summed E-state index contributed by atoms with van der Waals surface area (Å²) in [6.45, 7) is 6.99. The Kier molecular flexibility index (Phi) is 3.80. The highest BCUT2D eigenvalue weighted by Gasteiger charge is 2.42. The summed E-state index contributed by atoms with van der Waals surface area (Å²) in [4.78, 5) is 1.77. The summed E-state index contributed by atoms with van der Waals surface area (Å²) in [5, 5.41) is 39.6. The van der Waals surface area contributed by atoms with Gasteiger partial charge >= 0.3 is 0 Å². The fourth-order valence-corrected chi connectivity index (χ4v) is 3.36. The Labute approximate surface area is 129 Å². The topological polar surface area (TPSA) is 80.9 Å². The van der Waals surface area contributed by atoms with Crippen molar-refractivity contribution in [1.82, 2.24) is 0 Å². The van der Waals surface area contributed by atoms with E-state index in [1.807, 2.05) is 0 Å². The Balaban J connectivity index is 2.22. The van der Waals surface area contributed by atoms with E-state index in [2.05, 4.69) is 0 Å². The maximum atomic E-state index is 9.90. The molecule has 116 valence electrons. The second kappa shape index (κ2) is 4.83. The van der Waals surface area contributed by atoms with Gasteiger partial charge in [0.25, 0.3) is 0 Å². The molecule has 0 bridgehead atoms. The molecule has 2 aliphatic rings. The van der Waals surface area contributed by atoms with E-state index in [4.69, 9.17) is 0 Å². The fraction of sp³-hybridized carbons (Fsp3) is 0.500. The number of rotatable bonds is 2. The highest BCUT2D eigenvalue weighted by Crippen LogP contribution is 2.44. The molecule has 0 heterocycles. The van der Waals surface area contributed by atoms with Crippen LogP contribution in [0.3, 0.4) is 0 Å². The molecule has 0 spiro atoms. The Morgan fingerprint density at radius 3 is 1.33 bits per heavy atom. The number of aliphatic hydroxyl groups is 4. The third kappa shape index (κ3) is 3.03. The molecule has 0 aromatic rings. The van der Waals surface area contributed by atoms with E-state index in [1.54, 1.807) is 52.0 Å². The van der Waals surface area contributed by atoms with Gasteiger partial charge in [-0.1, -0.05) is 51.6 Å². The molecule has 4 nitrogen and oxygen atoms in total. The molecule has 0 atom stereocenters. The molecule has 0 amide bonds. The van der Waals surface area contributed by atoms with E-state index >= 15 is 0 Å². The van der Waals surface area contributed by atoms with Crippen LogP contribution in [0, 0.1) is 10.8 Å². The first kappa shape index (κ1) is 16.5. The first-order chi connectivity index (χ1) is 9.36. The highest BCUT2D eigenvalue weighted by atomic mass is 32.2. The Morgan fingerprint density at radius 1 is 0.714 bits per heavy atom. The predicted octanol–water partition coefficient (Wildman–Crippen LogP) is 2.04. The van der Waals surface area contributed by atoms with E-state index in [9.17, 15) is 20.4 Å². The van der Waals surface area contributed by atoms with Crippen molar-refractivity contribution in [3.05, 3.63) is 46.3 Å². The fourth-order valence-electron chi connectivity index (χ4n) is 2.11. The van der Waals surface area contributed by atoms with Crippen molar-refractivity contribution in [2.75, 3.05) is 0 Å². The molecular weight excluding hydrogens is 288 g/mol. The highest BCUT2D eigenvalue weighted by molar-refractivity contribution is 8.07. The van der Waals surface area contributed by atoms with Crippen LogP contribution in [-0.4, -0.2) is 32.0 Å². The molecule has 0 fully saturated rings. The molecule has 0 saturated heterocycles. The van der Waals surface area contributed by atoms with Crippen LogP contribution in [0.2, 0.25) is 0 Å². The quantitative estimate of drug-likeness (QED) is 0.587.